The zero-order chi connectivity index (χ0) is 14.3. The molecule has 2 aromatic heterocycles. The molecule has 4 heteroatoms. The average molecular weight is 274 g/mol. The average Bonchev–Trinajstić information content (AvgIpc) is 2.86. The Morgan fingerprint density at radius 3 is 2.90 bits per heavy atom. The fourth-order valence-corrected chi connectivity index (χ4v) is 2.80. The minimum absolute atomic E-state index is 0.544. The highest BCUT2D eigenvalue weighted by molar-refractivity contribution is 5.20. The lowest BCUT2D eigenvalue weighted by molar-refractivity contribution is 0.145. The molecule has 4 nitrogen and oxygen atoms in total. The van der Waals surface area contributed by atoms with Crippen LogP contribution in [0.5, 0.6) is 0 Å². The number of hydrogen-bond acceptors (Lipinski definition) is 3. The highest BCUT2D eigenvalue weighted by atomic mass is 16.4. The molecule has 0 aliphatic heterocycles. The van der Waals surface area contributed by atoms with Gasteiger partial charge in [-0.2, -0.15) is 5.10 Å². The molecule has 0 amide bonds. The lowest BCUT2D eigenvalue weighted by Crippen LogP contribution is -2.07. The number of nitrogens with zero attached hydrogens (tertiary/aromatic N) is 2. The first-order chi connectivity index (χ1) is 9.58. The van der Waals surface area contributed by atoms with Crippen molar-refractivity contribution in [1.29, 1.82) is 0 Å². The first-order valence-electron chi connectivity index (χ1n) is 7.39. The van der Waals surface area contributed by atoms with Crippen LogP contribution in [-0.2, 0) is 13.0 Å². The van der Waals surface area contributed by atoms with Gasteiger partial charge in [-0.3, -0.25) is 4.68 Å². The molecule has 1 saturated carbocycles. The molecule has 3 rings (SSSR count). The zero-order valence-corrected chi connectivity index (χ0v) is 12.3. The van der Waals surface area contributed by atoms with E-state index in [1.807, 2.05) is 29.8 Å². The Bertz CT molecular complexity index is 599. The smallest absolute Gasteiger partial charge is 0.133 e. The Morgan fingerprint density at radius 2 is 2.25 bits per heavy atom. The van der Waals surface area contributed by atoms with Gasteiger partial charge in [0, 0.05) is 24.6 Å². The van der Waals surface area contributed by atoms with Gasteiger partial charge in [0.25, 0.3) is 0 Å². The Labute approximate surface area is 119 Å². The van der Waals surface area contributed by atoms with E-state index in [9.17, 15) is 5.11 Å². The van der Waals surface area contributed by atoms with Crippen molar-refractivity contribution >= 4 is 0 Å². The van der Waals surface area contributed by atoms with Crippen molar-refractivity contribution in [1.82, 2.24) is 9.78 Å². The van der Waals surface area contributed by atoms with Gasteiger partial charge in [0.1, 0.15) is 17.6 Å². The summed E-state index contributed by atoms with van der Waals surface area (Å²) in [5.41, 5.74) is 2.04. The zero-order valence-electron chi connectivity index (χ0n) is 12.3. The van der Waals surface area contributed by atoms with E-state index in [2.05, 4.69) is 18.9 Å². The summed E-state index contributed by atoms with van der Waals surface area (Å²) in [5.74, 6) is 2.96. The maximum atomic E-state index is 10.3. The maximum Gasteiger partial charge on any atom is 0.133 e. The van der Waals surface area contributed by atoms with Crippen LogP contribution in [0.1, 0.15) is 55.2 Å². The molecule has 1 fully saturated rings. The van der Waals surface area contributed by atoms with Gasteiger partial charge in [0.15, 0.2) is 0 Å². The van der Waals surface area contributed by atoms with Crippen molar-refractivity contribution in [2.75, 3.05) is 0 Å². The van der Waals surface area contributed by atoms with E-state index >= 15 is 0 Å². The molecule has 20 heavy (non-hydrogen) atoms. The van der Waals surface area contributed by atoms with Gasteiger partial charge < -0.3 is 9.52 Å². The molecule has 3 unspecified atom stereocenters. The Morgan fingerprint density at radius 1 is 1.50 bits per heavy atom. The number of aliphatic hydroxyl groups is 1. The van der Waals surface area contributed by atoms with Crippen molar-refractivity contribution in [3.63, 3.8) is 0 Å². The van der Waals surface area contributed by atoms with Crippen LogP contribution in [0.15, 0.2) is 22.6 Å². The van der Waals surface area contributed by atoms with Crippen molar-refractivity contribution in [3.8, 4) is 0 Å². The Hall–Kier alpha value is -1.55. The van der Waals surface area contributed by atoms with Gasteiger partial charge in [-0.25, -0.2) is 0 Å². The highest BCUT2D eigenvalue weighted by Gasteiger charge is 2.36. The number of aromatic nitrogens is 2. The maximum absolute atomic E-state index is 10.3. The van der Waals surface area contributed by atoms with E-state index in [0.29, 0.717) is 18.1 Å². The minimum Gasteiger partial charge on any atom is -0.463 e. The molecule has 1 aliphatic rings. The number of rotatable bonds is 5. The van der Waals surface area contributed by atoms with Crippen LogP contribution in [0.4, 0.5) is 0 Å². The number of aliphatic hydroxyl groups excluding tert-OH is 1. The number of furan rings is 1. The summed E-state index contributed by atoms with van der Waals surface area (Å²) in [7, 11) is 0. The summed E-state index contributed by atoms with van der Waals surface area (Å²) in [6, 6.07) is 5.94. The minimum atomic E-state index is -0.598. The van der Waals surface area contributed by atoms with E-state index in [-0.39, 0.29) is 0 Å². The summed E-state index contributed by atoms with van der Waals surface area (Å²) in [4.78, 5) is 0. The molecule has 0 spiro atoms. The van der Waals surface area contributed by atoms with E-state index in [1.165, 1.54) is 6.42 Å². The summed E-state index contributed by atoms with van der Waals surface area (Å²) in [5, 5.41) is 14.8. The molecular weight excluding hydrogens is 252 g/mol. The molecule has 108 valence electrons. The third-order valence-corrected chi connectivity index (χ3v) is 4.14. The fourth-order valence-electron chi connectivity index (χ4n) is 2.80. The molecule has 1 aliphatic carbocycles. The van der Waals surface area contributed by atoms with Gasteiger partial charge >= 0.3 is 0 Å². The fraction of sp³-hybridized carbons (Fsp3) is 0.562. The highest BCUT2D eigenvalue weighted by Crippen LogP contribution is 2.47. The van der Waals surface area contributed by atoms with E-state index in [0.717, 1.165) is 29.6 Å². The molecule has 2 heterocycles. The second-order valence-corrected chi connectivity index (χ2v) is 5.87. The van der Waals surface area contributed by atoms with Crippen molar-refractivity contribution < 1.29 is 9.52 Å². The summed E-state index contributed by atoms with van der Waals surface area (Å²) < 4.78 is 7.75. The molecule has 0 radical (unpaired) electrons. The van der Waals surface area contributed by atoms with Gasteiger partial charge in [-0.05, 0) is 44.4 Å². The van der Waals surface area contributed by atoms with Crippen LogP contribution in [0, 0.1) is 12.8 Å². The SMILES string of the molecule is CCn1nc(C)cc1CC(O)c1ccc(C2CC2C)o1. The van der Waals surface area contributed by atoms with Crippen LogP contribution in [0.2, 0.25) is 0 Å². The normalized spacial score (nSPS) is 23.0. The Kier molecular flexibility index (Phi) is 3.42. The Balaban J connectivity index is 1.72. The number of aryl methyl sites for hydroxylation is 2. The van der Waals surface area contributed by atoms with Gasteiger partial charge in [0.2, 0.25) is 0 Å². The molecular formula is C16H22N2O2. The molecule has 1 N–H and O–H groups in total. The van der Waals surface area contributed by atoms with Crippen molar-refractivity contribution in [2.24, 2.45) is 5.92 Å². The van der Waals surface area contributed by atoms with Crippen LogP contribution < -0.4 is 0 Å². The lowest BCUT2D eigenvalue weighted by atomic mass is 10.1. The standard InChI is InChI=1S/C16H22N2O2/c1-4-18-12(8-11(3)17-18)9-14(19)16-6-5-15(20-16)13-7-10(13)2/h5-6,8,10,13-14,19H,4,7,9H2,1-3H3. The molecule has 2 aromatic rings. The molecule has 0 bridgehead atoms. The first-order valence-corrected chi connectivity index (χ1v) is 7.39. The quantitative estimate of drug-likeness (QED) is 0.911. The van der Waals surface area contributed by atoms with Gasteiger partial charge in [0.05, 0.1) is 5.69 Å². The monoisotopic (exact) mass is 274 g/mol. The molecule has 0 saturated heterocycles. The van der Waals surface area contributed by atoms with Crippen molar-refractivity contribution in [3.05, 3.63) is 41.1 Å². The van der Waals surface area contributed by atoms with Crippen molar-refractivity contribution in [2.45, 2.75) is 52.2 Å². The van der Waals surface area contributed by atoms with Gasteiger partial charge in [-0.1, -0.05) is 6.92 Å². The first kappa shape index (κ1) is 13.4. The van der Waals surface area contributed by atoms with E-state index in [1.54, 1.807) is 0 Å². The van der Waals surface area contributed by atoms with E-state index in [4.69, 9.17) is 4.42 Å². The lowest BCUT2D eigenvalue weighted by Gasteiger charge is -2.09. The summed E-state index contributed by atoms with van der Waals surface area (Å²) >= 11 is 0. The molecule has 3 atom stereocenters. The third-order valence-electron chi connectivity index (χ3n) is 4.14. The third kappa shape index (κ3) is 2.52. The predicted molar refractivity (Wildman–Crippen MR) is 76.5 cm³/mol. The largest absolute Gasteiger partial charge is 0.463 e. The van der Waals surface area contributed by atoms with Gasteiger partial charge in [-0.15, -0.1) is 0 Å². The second kappa shape index (κ2) is 5.09. The van der Waals surface area contributed by atoms with Crippen LogP contribution in [0.3, 0.4) is 0 Å². The number of hydrogen-bond donors (Lipinski definition) is 1. The predicted octanol–water partition coefficient (Wildman–Crippen LogP) is 3.20. The summed E-state index contributed by atoms with van der Waals surface area (Å²) in [6.07, 6.45) is 1.14. The van der Waals surface area contributed by atoms with Crippen LogP contribution >= 0.6 is 0 Å². The summed E-state index contributed by atoms with van der Waals surface area (Å²) in [6.45, 7) is 7.08. The topological polar surface area (TPSA) is 51.2 Å². The van der Waals surface area contributed by atoms with E-state index < -0.39 is 6.10 Å². The van der Waals surface area contributed by atoms with Crippen LogP contribution in [0.25, 0.3) is 0 Å². The molecule has 0 aromatic carbocycles. The second-order valence-electron chi connectivity index (χ2n) is 5.87. The van der Waals surface area contributed by atoms with Crippen LogP contribution in [-0.4, -0.2) is 14.9 Å².